The molecule has 21 heavy (non-hydrogen) atoms. The van der Waals surface area contributed by atoms with Crippen molar-refractivity contribution in [1.29, 1.82) is 0 Å². The second-order valence-electron chi connectivity index (χ2n) is 5.89. The lowest BCUT2D eigenvalue weighted by Crippen LogP contribution is -2.22. The molecule has 0 unspecified atom stereocenters. The van der Waals surface area contributed by atoms with Crippen molar-refractivity contribution < 1.29 is 0 Å². The van der Waals surface area contributed by atoms with Crippen LogP contribution in [0.3, 0.4) is 0 Å². The van der Waals surface area contributed by atoms with Crippen molar-refractivity contribution in [3.8, 4) is 10.6 Å². The summed E-state index contributed by atoms with van der Waals surface area (Å²) in [5, 5.41) is 6.22. The molecule has 1 fully saturated rings. The van der Waals surface area contributed by atoms with E-state index in [0.717, 1.165) is 22.1 Å². The highest BCUT2D eigenvalue weighted by Crippen LogP contribution is 2.43. The standard InChI is InChI=1S/C15H16N4OS/c1-8(2)12-13(11-5-10(6-21-11)9-3-4-9)18-15-16-7-17-19(15)14(12)20/h5-9H,3-4H2,1-2H3,(H,16,17,18). The fraction of sp³-hybridized carbons (Fsp3) is 0.400. The molecule has 3 aromatic heterocycles. The lowest BCUT2D eigenvalue weighted by molar-refractivity contribution is 0.797. The van der Waals surface area contributed by atoms with Crippen LogP contribution in [0, 0.1) is 0 Å². The van der Waals surface area contributed by atoms with Gasteiger partial charge in [-0.2, -0.15) is 14.6 Å². The Bertz CT molecular complexity index is 869. The molecule has 1 N–H and O–H groups in total. The third-order valence-electron chi connectivity index (χ3n) is 3.97. The summed E-state index contributed by atoms with van der Waals surface area (Å²) in [5.41, 5.74) is 2.99. The molecule has 3 heterocycles. The first-order valence-electron chi connectivity index (χ1n) is 7.20. The Labute approximate surface area is 125 Å². The average molecular weight is 300 g/mol. The van der Waals surface area contributed by atoms with E-state index in [1.54, 1.807) is 11.3 Å². The smallest absolute Gasteiger partial charge is 0.279 e. The van der Waals surface area contributed by atoms with Gasteiger partial charge in [-0.15, -0.1) is 11.3 Å². The topological polar surface area (TPSA) is 63.1 Å². The van der Waals surface area contributed by atoms with Gasteiger partial charge >= 0.3 is 0 Å². The molecule has 0 amide bonds. The molecule has 0 aromatic carbocycles. The summed E-state index contributed by atoms with van der Waals surface area (Å²) in [6.45, 7) is 4.07. The molecule has 1 aliphatic rings. The van der Waals surface area contributed by atoms with Gasteiger partial charge in [0.05, 0.1) is 10.6 Å². The van der Waals surface area contributed by atoms with Gasteiger partial charge in [-0.3, -0.25) is 4.79 Å². The third-order valence-corrected chi connectivity index (χ3v) is 4.93. The van der Waals surface area contributed by atoms with Crippen LogP contribution >= 0.6 is 11.3 Å². The largest absolute Gasteiger partial charge is 0.322 e. The highest BCUT2D eigenvalue weighted by Gasteiger charge is 2.26. The van der Waals surface area contributed by atoms with Gasteiger partial charge in [-0.25, -0.2) is 0 Å². The first-order chi connectivity index (χ1) is 10.1. The Balaban J connectivity index is 1.96. The number of rotatable bonds is 3. The second kappa shape index (κ2) is 4.53. The number of nitrogens with one attached hydrogen (secondary N) is 1. The quantitative estimate of drug-likeness (QED) is 0.808. The number of fused-ring (bicyclic) bond motifs is 1. The van der Waals surface area contributed by atoms with E-state index in [4.69, 9.17) is 0 Å². The van der Waals surface area contributed by atoms with Gasteiger partial charge in [0.2, 0.25) is 5.78 Å². The van der Waals surface area contributed by atoms with E-state index >= 15 is 0 Å². The molecule has 0 bridgehead atoms. The minimum absolute atomic E-state index is 0.0763. The minimum atomic E-state index is -0.0763. The predicted molar refractivity (Wildman–Crippen MR) is 83.0 cm³/mol. The van der Waals surface area contributed by atoms with Gasteiger partial charge < -0.3 is 4.98 Å². The molecule has 5 nitrogen and oxygen atoms in total. The molecule has 0 radical (unpaired) electrons. The Morgan fingerprint density at radius 1 is 1.43 bits per heavy atom. The number of aromatic nitrogens is 4. The summed E-state index contributed by atoms with van der Waals surface area (Å²) in [6, 6.07) is 2.21. The van der Waals surface area contributed by atoms with E-state index in [2.05, 4.69) is 26.5 Å². The van der Waals surface area contributed by atoms with Crippen molar-refractivity contribution in [2.24, 2.45) is 0 Å². The zero-order valence-corrected chi connectivity index (χ0v) is 12.8. The van der Waals surface area contributed by atoms with Crippen LogP contribution in [0.1, 0.15) is 49.7 Å². The summed E-state index contributed by atoms with van der Waals surface area (Å²) in [6.07, 6.45) is 3.98. The second-order valence-corrected chi connectivity index (χ2v) is 6.80. The first kappa shape index (κ1) is 12.8. The van der Waals surface area contributed by atoms with E-state index in [1.807, 2.05) is 13.8 Å². The summed E-state index contributed by atoms with van der Waals surface area (Å²) < 4.78 is 1.34. The first-order valence-corrected chi connectivity index (χ1v) is 8.08. The van der Waals surface area contributed by atoms with Gasteiger partial charge in [0.1, 0.15) is 6.33 Å². The van der Waals surface area contributed by atoms with Crippen LogP contribution in [0.4, 0.5) is 0 Å². The minimum Gasteiger partial charge on any atom is -0.322 e. The van der Waals surface area contributed by atoms with E-state index in [9.17, 15) is 4.79 Å². The molecule has 4 rings (SSSR count). The van der Waals surface area contributed by atoms with E-state index in [1.165, 1.54) is 29.2 Å². The molecule has 108 valence electrons. The molecule has 0 aliphatic heterocycles. The van der Waals surface area contributed by atoms with Crippen molar-refractivity contribution in [2.45, 2.75) is 38.5 Å². The molecule has 1 saturated carbocycles. The van der Waals surface area contributed by atoms with Crippen LogP contribution in [-0.4, -0.2) is 19.6 Å². The van der Waals surface area contributed by atoms with Crippen LogP contribution in [-0.2, 0) is 0 Å². The lowest BCUT2D eigenvalue weighted by atomic mass is 10.0. The summed E-state index contributed by atoms with van der Waals surface area (Å²) >= 11 is 1.69. The fourth-order valence-electron chi connectivity index (χ4n) is 2.72. The number of H-pyrrole nitrogens is 1. The molecular formula is C15H16N4OS. The zero-order valence-electron chi connectivity index (χ0n) is 12.0. The number of hydrogen-bond donors (Lipinski definition) is 1. The predicted octanol–water partition coefficient (Wildman–Crippen LogP) is 3.15. The number of aromatic amines is 1. The van der Waals surface area contributed by atoms with Gasteiger partial charge in [0, 0.05) is 5.56 Å². The zero-order chi connectivity index (χ0) is 14.6. The maximum Gasteiger partial charge on any atom is 0.279 e. The molecule has 1 aliphatic carbocycles. The normalized spacial score (nSPS) is 15.2. The van der Waals surface area contributed by atoms with Crippen LogP contribution < -0.4 is 5.56 Å². The van der Waals surface area contributed by atoms with Crippen molar-refractivity contribution in [3.05, 3.63) is 39.3 Å². The van der Waals surface area contributed by atoms with E-state index in [0.29, 0.717) is 5.78 Å². The van der Waals surface area contributed by atoms with Crippen LogP contribution in [0.25, 0.3) is 16.3 Å². The number of nitrogens with zero attached hydrogens (tertiary/aromatic N) is 3. The molecule has 0 saturated heterocycles. The molecule has 3 aromatic rings. The van der Waals surface area contributed by atoms with E-state index < -0.39 is 0 Å². The monoisotopic (exact) mass is 300 g/mol. The highest BCUT2D eigenvalue weighted by atomic mass is 32.1. The fourth-order valence-corrected chi connectivity index (χ4v) is 3.72. The summed E-state index contributed by atoms with van der Waals surface area (Å²) in [4.78, 5) is 21.1. The Morgan fingerprint density at radius 3 is 2.95 bits per heavy atom. The van der Waals surface area contributed by atoms with Crippen LogP contribution in [0.5, 0.6) is 0 Å². The molecular weight excluding hydrogens is 284 g/mol. The molecule has 0 atom stereocenters. The van der Waals surface area contributed by atoms with Gasteiger partial charge in [0.25, 0.3) is 5.56 Å². The molecule has 6 heteroatoms. The average Bonchev–Trinajstić information content (AvgIpc) is 3.01. The summed E-state index contributed by atoms with van der Waals surface area (Å²) in [7, 11) is 0. The van der Waals surface area contributed by atoms with Crippen LogP contribution in [0.2, 0.25) is 0 Å². The lowest BCUT2D eigenvalue weighted by Gasteiger charge is -2.10. The van der Waals surface area contributed by atoms with Crippen molar-refractivity contribution in [3.63, 3.8) is 0 Å². The maximum absolute atomic E-state index is 12.6. The van der Waals surface area contributed by atoms with Crippen molar-refractivity contribution in [1.82, 2.24) is 19.6 Å². The summed E-state index contributed by atoms with van der Waals surface area (Å²) in [5.74, 6) is 1.35. The van der Waals surface area contributed by atoms with Crippen LogP contribution in [0.15, 0.2) is 22.6 Å². The molecule has 0 spiro atoms. The van der Waals surface area contributed by atoms with Crippen molar-refractivity contribution in [2.75, 3.05) is 0 Å². The number of hydrogen-bond acceptors (Lipinski definition) is 4. The Kier molecular flexibility index (Phi) is 2.75. The Hall–Kier alpha value is -1.95. The maximum atomic E-state index is 12.6. The van der Waals surface area contributed by atoms with Gasteiger partial charge in [-0.1, -0.05) is 13.8 Å². The SMILES string of the molecule is CC(C)c1c(-c2cc(C3CC3)cs2)[nH]c2ncnn2c1=O. The third kappa shape index (κ3) is 2.01. The van der Waals surface area contributed by atoms with E-state index in [-0.39, 0.29) is 11.5 Å². The Morgan fingerprint density at radius 2 is 2.24 bits per heavy atom. The number of thiophene rings is 1. The van der Waals surface area contributed by atoms with Gasteiger partial charge in [-0.05, 0) is 41.7 Å². The van der Waals surface area contributed by atoms with Crippen molar-refractivity contribution >= 4 is 17.1 Å². The highest BCUT2D eigenvalue weighted by molar-refractivity contribution is 7.13. The van der Waals surface area contributed by atoms with Gasteiger partial charge in [0.15, 0.2) is 0 Å².